The lowest BCUT2D eigenvalue weighted by Crippen LogP contribution is -2.66. The van der Waals surface area contributed by atoms with E-state index in [1.165, 1.54) is 141 Å². The number of ether oxygens (including phenoxy) is 6. The molecular formula is C59H109NO18. The van der Waals surface area contributed by atoms with E-state index >= 15 is 0 Å². The zero-order valence-corrected chi connectivity index (χ0v) is 47.7. The van der Waals surface area contributed by atoms with Gasteiger partial charge in [-0.3, -0.25) is 4.79 Å². The topological polar surface area (TPSA) is 307 Å². The molecule has 0 bridgehead atoms. The van der Waals surface area contributed by atoms with Crippen LogP contribution in [0.1, 0.15) is 213 Å². The lowest BCUT2D eigenvalue weighted by molar-refractivity contribution is -0.379. The molecule has 0 radical (unpaired) electrons. The van der Waals surface area contributed by atoms with Crippen molar-refractivity contribution in [2.24, 2.45) is 0 Å². The van der Waals surface area contributed by atoms with Crippen LogP contribution >= 0.6 is 0 Å². The van der Waals surface area contributed by atoms with Gasteiger partial charge in [0.1, 0.15) is 73.2 Å². The summed E-state index contributed by atoms with van der Waals surface area (Å²) in [5, 5.41) is 120. The van der Waals surface area contributed by atoms with Crippen LogP contribution in [0.25, 0.3) is 0 Å². The van der Waals surface area contributed by atoms with Crippen molar-refractivity contribution in [3.05, 3.63) is 24.3 Å². The molecule has 19 heteroatoms. The number of nitrogens with one attached hydrogen (secondary N) is 1. The fourth-order valence-electron chi connectivity index (χ4n) is 10.4. The molecule has 12 N–H and O–H groups in total. The minimum absolute atomic E-state index is 0.240. The number of hydrogen-bond acceptors (Lipinski definition) is 18. The third-order valence-electron chi connectivity index (χ3n) is 15.5. The van der Waals surface area contributed by atoms with E-state index in [0.717, 1.165) is 38.5 Å². The van der Waals surface area contributed by atoms with Crippen molar-refractivity contribution in [3.8, 4) is 0 Å². The minimum atomic E-state index is -1.98. The van der Waals surface area contributed by atoms with Gasteiger partial charge in [-0.25, -0.2) is 0 Å². The summed E-state index contributed by atoms with van der Waals surface area (Å²) in [5.74, 6) is -0.284. The smallest absolute Gasteiger partial charge is 0.220 e. The molecule has 0 aromatic carbocycles. The summed E-state index contributed by atoms with van der Waals surface area (Å²) >= 11 is 0. The summed E-state index contributed by atoms with van der Waals surface area (Å²) in [4.78, 5) is 13.3. The first kappa shape index (κ1) is 70.5. The van der Waals surface area contributed by atoms with Crippen molar-refractivity contribution in [2.75, 3.05) is 26.4 Å². The highest BCUT2D eigenvalue weighted by Crippen LogP contribution is 2.33. The summed E-state index contributed by atoms with van der Waals surface area (Å²) in [6.07, 6.45) is 17.4. The van der Waals surface area contributed by atoms with E-state index in [9.17, 15) is 61.0 Å². The Bertz CT molecular complexity index is 1530. The molecule has 3 aliphatic heterocycles. The molecule has 0 aromatic rings. The standard InChI is InChI=1S/C59H109NO18/c1-3-5-7-9-11-13-15-17-18-19-20-21-22-23-24-25-27-29-31-33-35-37-47(65)60-42(43(64)36-34-32-30-28-26-16-14-12-10-8-6-4-2)41-73-57-53(71)50(68)55(45(39-62)75-57)78-59-54(72)51(69)56(46(40-63)76-59)77-58-52(70)49(67)48(66)44(38-61)74-58/h26,28,34,36,42-46,48-59,61-64,66-72H,3-25,27,29-33,35,37-41H2,1-2H3,(H,60,65)/b28-26+,36-34+. The Kier molecular flexibility index (Phi) is 38.9. The number of unbranched alkanes of at least 4 members (excludes halogenated alkanes) is 27. The number of allylic oxidation sites excluding steroid dienone is 3. The quantitative estimate of drug-likeness (QED) is 0.0263. The van der Waals surface area contributed by atoms with Gasteiger partial charge in [0.2, 0.25) is 5.91 Å². The van der Waals surface area contributed by atoms with Gasteiger partial charge in [0, 0.05) is 6.42 Å². The molecule has 19 nitrogen and oxygen atoms in total. The molecule has 78 heavy (non-hydrogen) atoms. The molecule has 1 amide bonds. The summed E-state index contributed by atoms with van der Waals surface area (Å²) in [6.45, 7) is 1.69. The number of aliphatic hydroxyl groups excluding tert-OH is 11. The second-order valence-electron chi connectivity index (χ2n) is 22.2. The molecule has 0 aliphatic carbocycles. The molecule has 0 aromatic heterocycles. The van der Waals surface area contributed by atoms with E-state index in [1.54, 1.807) is 6.08 Å². The normalized spacial score (nSPS) is 30.6. The highest BCUT2D eigenvalue weighted by atomic mass is 16.8. The number of carbonyl (C=O) groups is 1. The molecule has 0 saturated carbocycles. The molecule has 3 saturated heterocycles. The van der Waals surface area contributed by atoms with Crippen LogP contribution in [-0.4, -0.2) is 193 Å². The number of hydrogen-bond donors (Lipinski definition) is 12. The highest BCUT2D eigenvalue weighted by molar-refractivity contribution is 5.76. The average molecular weight is 1120 g/mol. The Labute approximate surface area is 467 Å². The second kappa shape index (κ2) is 43.0. The maximum atomic E-state index is 13.3. The number of carbonyl (C=O) groups excluding carboxylic acids is 1. The van der Waals surface area contributed by atoms with Crippen molar-refractivity contribution in [2.45, 2.75) is 317 Å². The largest absolute Gasteiger partial charge is 0.394 e. The van der Waals surface area contributed by atoms with Crippen LogP contribution in [0.3, 0.4) is 0 Å². The Morgan fingerprint density at radius 1 is 0.449 bits per heavy atom. The molecule has 3 rings (SSSR count). The molecule has 458 valence electrons. The van der Waals surface area contributed by atoms with Gasteiger partial charge in [0.25, 0.3) is 0 Å². The maximum Gasteiger partial charge on any atom is 0.220 e. The van der Waals surface area contributed by atoms with E-state index in [1.807, 2.05) is 6.08 Å². The second-order valence-corrected chi connectivity index (χ2v) is 22.2. The molecule has 3 heterocycles. The zero-order chi connectivity index (χ0) is 56.9. The Hall–Kier alpha value is -1.73. The van der Waals surface area contributed by atoms with E-state index < -0.39 is 124 Å². The third kappa shape index (κ3) is 26.7. The lowest BCUT2D eigenvalue weighted by atomic mass is 9.96. The van der Waals surface area contributed by atoms with Crippen molar-refractivity contribution < 1.29 is 89.4 Å². The molecule has 0 spiro atoms. The Morgan fingerprint density at radius 3 is 1.28 bits per heavy atom. The van der Waals surface area contributed by atoms with Gasteiger partial charge >= 0.3 is 0 Å². The number of aliphatic hydroxyl groups is 11. The van der Waals surface area contributed by atoms with Crippen LogP contribution in [0.5, 0.6) is 0 Å². The van der Waals surface area contributed by atoms with Crippen LogP contribution < -0.4 is 5.32 Å². The van der Waals surface area contributed by atoms with Gasteiger partial charge < -0.3 is 89.9 Å². The number of rotatable bonds is 45. The first-order valence-corrected chi connectivity index (χ1v) is 30.6. The average Bonchev–Trinajstić information content (AvgIpc) is 3.46. The van der Waals surface area contributed by atoms with E-state index in [0.29, 0.717) is 12.8 Å². The van der Waals surface area contributed by atoms with Gasteiger partial charge in [-0.15, -0.1) is 0 Å². The van der Waals surface area contributed by atoms with Crippen LogP contribution in [0.2, 0.25) is 0 Å². The lowest BCUT2D eigenvalue weighted by Gasteiger charge is -2.48. The van der Waals surface area contributed by atoms with E-state index in [-0.39, 0.29) is 18.9 Å². The molecule has 17 atom stereocenters. The first-order valence-electron chi connectivity index (χ1n) is 30.6. The van der Waals surface area contributed by atoms with Crippen molar-refractivity contribution in [3.63, 3.8) is 0 Å². The monoisotopic (exact) mass is 1120 g/mol. The molecule has 3 fully saturated rings. The summed E-state index contributed by atoms with van der Waals surface area (Å²) < 4.78 is 34.2. The van der Waals surface area contributed by atoms with Gasteiger partial charge in [0.05, 0.1) is 38.6 Å². The first-order chi connectivity index (χ1) is 37.8. The van der Waals surface area contributed by atoms with Crippen molar-refractivity contribution >= 4 is 5.91 Å². The van der Waals surface area contributed by atoms with Crippen LogP contribution in [0.15, 0.2) is 24.3 Å². The van der Waals surface area contributed by atoms with Gasteiger partial charge in [0.15, 0.2) is 18.9 Å². The summed E-state index contributed by atoms with van der Waals surface area (Å²) in [5.41, 5.74) is 0. The summed E-state index contributed by atoms with van der Waals surface area (Å²) in [6, 6.07) is -0.984. The SMILES string of the molecule is CCCCCCCC/C=C/CC/C=C/C(O)C(COC1OC(CO)C(OC2OC(CO)C(OC3OC(CO)C(O)C(O)C3O)C(O)C2O)C(O)C1O)NC(=O)CCCCCCCCCCCCCCCCCCCCCCC. The molecule has 3 aliphatic rings. The molecular weight excluding hydrogens is 1010 g/mol. The van der Waals surface area contributed by atoms with E-state index in [4.69, 9.17) is 28.4 Å². The molecule has 17 unspecified atom stereocenters. The third-order valence-corrected chi connectivity index (χ3v) is 15.5. The van der Waals surface area contributed by atoms with Crippen molar-refractivity contribution in [1.29, 1.82) is 0 Å². The van der Waals surface area contributed by atoms with Gasteiger partial charge in [-0.05, 0) is 32.1 Å². The maximum absolute atomic E-state index is 13.3. The predicted molar refractivity (Wildman–Crippen MR) is 296 cm³/mol. The van der Waals surface area contributed by atoms with Crippen LogP contribution in [0, 0.1) is 0 Å². The minimum Gasteiger partial charge on any atom is -0.394 e. The van der Waals surface area contributed by atoms with E-state index in [2.05, 4.69) is 31.3 Å². The van der Waals surface area contributed by atoms with Crippen LogP contribution in [0.4, 0.5) is 0 Å². The summed E-state index contributed by atoms with van der Waals surface area (Å²) in [7, 11) is 0. The van der Waals surface area contributed by atoms with Gasteiger partial charge in [-0.2, -0.15) is 0 Å². The fourth-order valence-corrected chi connectivity index (χ4v) is 10.4. The van der Waals surface area contributed by atoms with Gasteiger partial charge in [-0.1, -0.05) is 199 Å². The Balaban J connectivity index is 1.47. The predicted octanol–water partition coefficient (Wildman–Crippen LogP) is 5.54. The number of amides is 1. The van der Waals surface area contributed by atoms with Crippen molar-refractivity contribution in [1.82, 2.24) is 5.32 Å². The van der Waals surface area contributed by atoms with Crippen LogP contribution in [-0.2, 0) is 33.2 Å². The Morgan fingerprint density at radius 2 is 0.821 bits per heavy atom. The highest BCUT2D eigenvalue weighted by Gasteiger charge is 2.53. The zero-order valence-electron chi connectivity index (χ0n) is 47.7. The fraction of sp³-hybridized carbons (Fsp3) is 0.915.